The van der Waals surface area contributed by atoms with Crippen LogP contribution in [0.5, 0.6) is 0 Å². The average Bonchev–Trinajstić information content (AvgIpc) is 2.94. The number of ether oxygens (including phenoxy) is 1. The van der Waals surface area contributed by atoms with Gasteiger partial charge >= 0.3 is 0 Å². The second kappa shape index (κ2) is 8.60. The van der Waals surface area contributed by atoms with Crippen LogP contribution in [0.1, 0.15) is 44.2 Å². The van der Waals surface area contributed by atoms with Crippen LogP contribution in [0.25, 0.3) is 0 Å². The van der Waals surface area contributed by atoms with Gasteiger partial charge in [-0.25, -0.2) is 0 Å². The summed E-state index contributed by atoms with van der Waals surface area (Å²) < 4.78 is 17.6. The van der Waals surface area contributed by atoms with Crippen molar-refractivity contribution in [2.45, 2.75) is 50.9 Å². The number of carbonyl (C=O) groups is 1. The molecule has 1 N–H and O–H groups in total. The van der Waals surface area contributed by atoms with E-state index < -0.39 is 10.8 Å². The normalized spacial score (nSPS) is 22.3. The molecule has 3 atom stereocenters. The van der Waals surface area contributed by atoms with Crippen LogP contribution < -0.4 is 5.32 Å². The SMILES string of the molecule is CC(C)c1ccc(CCNC(=O)C[S@](=O)[C@@H]2CCO[C@@H]2C)cc1. The van der Waals surface area contributed by atoms with Crippen molar-refractivity contribution in [3.63, 3.8) is 0 Å². The lowest BCUT2D eigenvalue weighted by atomic mass is 10.0. The summed E-state index contributed by atoms with van der Waals surface area (Å²) in [5, 5.41) is 2.86. The first-order valence-electron chi connectivity index (χ1n) is 8.31. The Hall–Kier alpha value is -1.20. The van der Waals surface area contributed by atoms with Gasteiger partial charge in [0.15, 0.2) is 0 Å². The summed E-state index contributed by atoms with van der Waals surface area (Å²) in [6.07, 6.45) is 1.56. The topological polar surface area (TPSA) is 55.4 Å². The highest BCUT2D eigenvalue weighted by molar-refractivity contribution is 7.86. The first kappa shape index (κ1) is 18.1. The van der Waals surface area contributed by atoms with Crippen molar-refractivity contribution in [2.24, 2.45) is 0 Å². The summed E-state index contributed by atoms with van der Waals surface area (Å²) in [5.74, 6) is 0.465. The third kappa shape index (κ3) is 5.43. The molecule has 1 aliphatic heterocycles. The van der Waals surface area contributed by atoms with Gasteiger partial charge in [0.05, 0.1) is 11.4 Å². The Morgan fingerprint density at radius 2 is 2.04 bits per heavy atom. The predicted octanol–water partition coefficient (Wildman–Crippen LogP) is 2.39. The van der Waals surface area contributed by atoms with Crippen LogP contribution in [0.15, 0.2) is 24.3 Å². The van der Waals surface area contributed by atoms with Crippen LogP contribution >= 0.6 is 0 Å². The number of carbonyl (C=O) groups excluding carboxylic acids is 1. The van der Waals surface area contributed by atoms with Gasteiger partial charge in [-0.05, 0) is 36.8 Å². The van der Waals surface area contributed by atoms with E-state index in [2.05, 4.69) is 43.4 Å². The van der Waals surface area contributed by atoms with E-state index in [4.69, 9.17) is 4.74 Å². The molecule has 0 aromatic heterocycles. The lowest BCUT2D eigenvalue weighted by molar-refractivity contribution is -0.118. The summed E-state index contributed by atoms with van der Waals surface area (Å²) in [5.41, 5.74) is 2.52. The summed E-state index contributed by atoms with van der Waals surface area (Å²) in [7, 11) is -1.15. The lowest BCUT2D eigenvalue weighted by Crippen LogP contribution is -2.34. The zero-order chi connectivity index (χ0) is 16.8. The molecule has 1 amide bonds. The molecular formula is C18H27NO3S. The zero-order valence-electron chi connectivity index (χ0n) is 14.2. The fourth-order valence-electron chi connectivity index (χ4n) is 2.76. The van der Waals surface area contributed by atoms with Crippen molar-refractivity contribution in [3.8, 4) is 0 Å². The van der Waals surface area contributed by atoms with E-state index in [9.17, 15) is 9.00 Å². The molecule has 1 aromatic rings. The summed E-state index contributed by atoms with van der Waals surface area (Å²) in [4.78, 5) is 11.9. The highest BCUT2D eigenvalue weighted by Gasteiger charge is 2.30. The third-order valence-corrected chi connectivity index (χ3v) is 6.14. The Bertz CT molecular complexity index is 542. The number of amides is 1. The summed E-state index contributed by atoms with van der Waals surface area (Å²) >= 11 is 0. The maximum atomic E-state index is 12.2. The van der Waals surface area contributed by atoms with Gasteiger partial charge in [-0.1, -0.05) is 38.1 Å². The molecule has 5 heteroatoms. The Balaban J connectivity index is 1.71. The minimum absolute atomic E-state index is 0.00988. The van der Waals surface area contributed by atoms with Crippen LogP contribution in [-0.2, 0) is 26.8 Å². The predicted molar refractivity (Wildman–Crippen MR) is 94.1 cm³/mol. The first-order valence-corrected chi connectivity index (χ1v) is 9.70. The lowest BCUT2D eigenvalue weighted by Gasteiger charge is -2.13. The maximum absolute atomic E-state index is 12.2. The van der Waals surface area contributed by atoms with Gasteiger partial charge in [0, 0.05) is 24.0 Å². The van der Waals surface area contributed by atoms with E-state index in [1.165, 1.54) is 11.1 Å². The Morgan fingerprint density at radius 3 is 2.61 bits per heavy atom. The standard InChI is InChI=1S/C18H27NO3S/c1-13(2)16-6-4-15(5-7-16)8-10-19-18(20)12-23(21)17-9-11-22-14(17)3/h4-7,13-14,17H,8-12H2,1-3H3,(H,19,20)/t14-,17-,23+/m1/s1. The van der Waals surface area contributed by atoms with Gasteiger partial charge in [-0.3, -0.25) is 9.00 Å². The molecule has 0 aliphatic carbocycles. The zero-order valence-corrected chi connectivity index (χ0v) is 15.0. The Labute approximate surface area is 141 Å². The molecule has 4 nitrogen and oxygen atoms in total. The second-order valence-electron chi connectivity index (χ2n) is 6.42. The number of hydrogen-bond acceptors (Lipinski definition) is 3. The van der Waals surface area contributed by atoms with Crippen molar-refractivity contribution in [3.05, 3.63) is 35.4 Å². The quantitative estimate of drug-likeness (QED) is 0.831. The van der Waals surface area contributed by atoms with Gasteiger partial charge in [0.2, 0.25) is 5.91 Å². The van der Waals surface area contributed by atoms with Gasteiger partial charge in [-0.2, -0.15) is 0 Å². The second-order valence-corrected chi connectivity index (χ2v) is 8.08. The summed E-state index contributed by atoms with van der Waals surface area (Å²) in [6.45, 7) is 7.49. The molecule has 23 heavy (non-hydrogen) atoms. The van der Waals surface area contributed by atoms with Crippen LogP contribution in [-0.4, -0.2) is 40.4 Å². The van der Waals surface area contributed by atoms with Gasteiger partial charge in [-0.15, -0.1) is 0 Å². The van der Waals surface area contributed by atoms with Crippen molar-refractivity contribution < 1.29 is 13.7 Å². The molecule has 1 saturated heterocycles. The van der Waals surface area contributed by atoms with Crippen LogP contribution in [0.2, 0.25) is 0 Å². The van der Waals surface area contributed by atoms with Gasteiger partial charge < -0.3 is 10.1 Å². The van der Waals surface area contributed by atoms with Crippen LogP contribution in [0.4, 0.5) is 0 Å². The molecule has 0 spiro atoms. The molecule has 1 heterocycles. The van der Waals surface area contributed by atoms with E-state index in [1.807, 2.05) is 6.92 Å². The van der Waals surface area contributed by atoms with Crippen molar-refractivity contribution in [1.82, 2.24) is 5.32 Å². The summed E-state index contributed by atoms with van der Waals surface area (Å²) in [6, 6.07) is 8.49. The number of benzene rings is 1. The molecule has 1 aliphatic rings. The fourth-order valence-corrected chi connectivity index (χ4v) is 4.20. The van der Waals surface area contributed by atoms with Crippen molar-refractivity contribution in [2.75, 3.05) is 18.9 Å². The maximum Gasteiger partial charge on any atom is 0.232 e. The van der Waals surface area contributed by atoms with E-state index >= 15 is 0 Å². The monoisotopic (exact) mass is 337 g/mol. The molecular weight excluding hydrogens is 310 g/mol. The molecule has 0 saturated carbocycles. The van der Waals surface area contributed by atoms with Crippen LogP contribution in [0, 0.1) is 0 Å². The smallest absolute Gasteiger partial charge is 0.232 e. The third-order valence-electron chi connectivity index (χ3n) is 4.30. The molecule has 1 aromatic carbocycles. The number of nitrogens with one attached hydrogen (secondary N) is 1. The molecule has 128 valence electrons. The van der Waals surface area contributed by atoms with E-state index in [-0.39, 0.29) is 23.0 Å². The highest BCUT2D eigenvalue weighted by Crippen LogP contribution is 2.18. The molecule has 2 rings (SSSR count). The molecule has 0 unspecified atom stereocenters. The van der Waals surface area contributed by atoms with E-state index in [0.717, 1.165) is 12.8 Å². The van der Waals surface area contributed by atoms with Gasteiger partial charge in [0.1, 0.15) is 5.75 Å². The average molecular weight is 337 g/mol. The van der Waals surface area contributed by atoms with E-state index in [0.29, 0.717) is 19.1 Å². The largest absolute Gasteiger partial charge is 0.377 e. The minimum Gasteiger partial charge on any atom is -0.377 e. The Kier molecular flexibility index (Phi) is 6.78. The van der Waals surface area contributed by atoms with Crippen molar-refractivity contribution in [1.29, 1.82) is 0 Å². The number of rotatable bonds is 7. The first-order chi connectivity index (χ1) is 11.0. The fraction of sp³-hybridized carbons (Fsp3) is 0.611. The molecule has 1 fully saturated rings. The van der Waals surface area contributed by atoms with Crippen molar-refractivity contribution >= 4 is 16.7 Å². The Morgan fingerprint density at radius 1 is 1.35 bits per heavy atom. The highest BCUT2D eigenvalue weighted by atomic mass is 32.2. The van der Waals surface area contributed by atoms with E-state index in [1.54, 1.807) is 0 Å². The minimum atomic E-state index is -1.15. The number of hydrogen-bond donors (Lipinski definition) is 1. The molecule has 0 radical (unpaired) electrons. The van der Waals surface area contributed by atoms with Gasteiger partial charge in [0.25, 0.3) is 0 Å². The van der Waals surface area contributed by atoms with Crippen LogP contribution in [0.3, 0.4) is 0 Å². The molecule has 0 bridgehead atoms.